The average molecular weight is 270 g/mol. The molecule has 20 heavy (non-hydrogen) atoms. The van der Waals surface area contributed by atoms with Gasteiger partial charge in [-0.3, -0.25) is 9.88 Å². The smallest absolute Gasteiger partial charge is 0.131 e. The van der Waals surface area contributed by atoms with E-state index in [9.17, 15) is 4.39 Å². The molecule has 1 aromatic heterocycles. The molecule has 0 aliphatic carbocycles. The second-order valence-electron chi connectivity index (χ2n) is 5.43. The Balaban J connectivity index is 1.92. The van der Waals surface area contributed by atoms with Gasteiger partial charge in [0.2, 0.25) is 0 Å². The third-order valence-corrected chi connectivity index (χ3v) is 3.93. The van der Waals surface area contributed by atoms with E-state index >= 15 is 0 Å². The molecular formula is C17H19FN2. The van der Waals surface area contributed by atoms with Gasteiger partial charge in [0.05, 0.1) is 0 Å². The molecule has 0 spiro atoms. The highest BCUT2D eigenvalue weighted by atomic mass is 19.1. The van der Waals surface area contributed by atoms with Crippen LogP contribution in [0.2, 0.25) is 0 Å². The van der Waals surface area contributed by atoms with Crippen LogP contribution in [0.5, 0.6) is 0 Å². The molecule has 104 valence electrons. The Hall–Kier alpha value is -1.74. The summed E-state index contributed by atoms with van der Waals surface area (Å²) in [5.74, 6) is -0.175. The molecule has 1 aromatic carbocycles. The topological polar surface area (TPSA) is 16.1 Å². The normalized spacial score (nSPS) is 15.7. The number of nitrogens with zero attached hydrogens (tertiary/aromatic N) is 2. The van der Waals surface area contributed by atoms with E-state index in [4.69, 9.17) is 0 Å². The number of aryl methyl sites for hydroxylation is 1. The minimum Gasteiger partial charge on any atom is -0.299 e. The maximum Gasteiger partial charge on any atom is 0.131 e. The van der Waals surface area contributed by atoms with Crippen LogP contribution in [0.15, 0.2) is 36.5 Å². The van der Waals surface area contributed by atoms with Crippen molar-refractivity contribution in [3.63, 3.8) is 0 Å². The van der Waals surface area contributed by atoms with Crippen LogP contribution in [0.1, 0.15) is 24.1 Å². The molecule has 0 bridgehead atoms. The first kappa shape index (κ1) is 13.3. The Labute approximate surface area is 119 Å². The molecule has 0 amide bonds. The lowest BCUT2D eigenvalue weighted by molar-refractivity contribution is 0.331. The lowest BCUT2D eigenvalue weighted by Gasteiger charge is -2.16. The van der Waals surface area contributed by atoms with Crippen molar-refractivity contribution in [2.75, 3.05) is 13.1 Å². The Bertz CT molecular complexity index is 604. The fraction of sp³-hybridized carbons (Fsp3) is 0.353. The number of benzene rings is 1. The minimum absolute atomic E-state index is 0.175. The molecule has 0 N–H and O–H groups in total. The summed E-state index contributed by atoms with van der Waals surface area (Å²) in [4.78, 5) is 6.68. The molecule has 3 heteroatoms. The van der Waals surface area contributed by atoms with Gasteiger partial charge in [-0.15, -0.1) is 0 Å². The van der Waals surface area contributed by atoms with Crippen molar-refractivity contribution >= 4 is 0 Å². The monoisotopic (exact) mass is 270 g/mol. The molecule has 1 fully saturated rings. The Morgan fingerprint density at radius 3 is 2.70 bits per heavy atom. The third kappa shape index (κ3) is 2.73. The minimum atomic E-state index is -0.175. The van der Waals surface area contributed by atoms with Crippen molar-refractivity contribution in [1.82, 2.24) is 9.88 Å². The van der Waals surface area contributed by atoms with Crippen LogP contribution in [0.25, 0.3) is 11.1 Å². The van der Waals surface area contributed by atoms with E-state index in [-0.39, 0.29) is 5.82 Å². The summed E-state index contributed by atoms with van der Waals surface area (Å²) in [5.41, 5.74) is 3.58. The maximum absolute atomic E-state index is 14.1. The van der Waals surface area contributed by atoms with Crippen LogP contribution in [-0.4, -0.2) is 23.0 Å². The maximum atomic E-state index is 14.1. The van der Waals surface area contributed by atoms with Crippen molar-refractivity contribution < 1.29 is 4.39 Å². The molecule has 2 heterocycles. The van der Waals surface area contributed by atoms with Gasteiger partial charge in [-0.2, -0.15) is 0 Å². The van der Waals surface area contributed by atoms with Crippen molar-refractivity contribution in [1.29, 1.82) is 0 Å². The fourth-order valence-corrected chi connectivity index (χ4v) is 2.85. The molecular weight excluding hydrogens is 251 g/mol. The highest BCUT2D eigenvalue weighted by molar-refractivity contribution is 5.66. The van der Waals surface area contributed by atoms with Gasteiger partial charge in [0.1, 0.15) is 5.82 Å². The van der Waals surface area contributed by atoms with Gasteiger partial charge in [-0.25, -0.2) is 4.39 Å². The molecule has 1 aliphatic rings. The van der Waals surface area contributed by atoms with Gasteiger partial charge in [-0.05, 0) is 56.6 Å². The molecule has 0 saturated carbocycles. The highest BCUT2D eigenvalue weighted by Gasteiger charge is 2.14. The molecule has 1 saturated heterocycles. The first-order chi connectivity index (χ1) is 9.74. The van der Waals surface area contributed by atoms with Crippen molar-refractivity contribution in [3.8, 4) is 11.1 Å². The number of hydrogen-bond acceptors (Lipinski definition) is 2. The first-order valence-electron chi connectivity index (χ1n) is 7.17. The van der Waals surface area contributed by atoms with Gasteiger partial charge in [-0.1, -0.05) is 12.1 Å². The summed E-state index contributed by atoms with van der Waals surface area (Å²) in [6.45, 7) is 5.13. The third-order valence-electron chi connectivity index (χ3n) is 3.93. The van der Waals surface area contributed by atoms with E-state index in [1.165, 1.54) is 18.4 Å². The quantitative estimate of drug-likeness (QED) is 0.843. The lowest BCUT2D eigenvalue weighted by Crippen LogP contribution is -2.18. The standard InChI is InChI=1S/C17H19FN2/c1-13-15(5-4-8-19-13)16-11-14(6-7-17(16)18)12-20-9-2-3-10-20/h4-8,11H,2-3,9-10,12H2,1H3. The average Bonchev–Trinajstić information content (AvgIpc) is 2.95. The molecule has 3 rings (SSSR count). The molecule has 1 aliphatic heterocycles. The van der Waals surface area contributed by atoms with Crippen molar-refractivity contribution in [3.05, 3.63) is 53.6 Å². The number of likely N-dealkylation sites (tertiary alicyclic amines) is 1. The Kier molecular flexibility index (Phi) is 3.79. The summed E-state index contributed by atoms with van der Waals surface area (Å²) in [6, 6.07) is 9.23. The number of halogens is 1. The van der Waals surface area contributed by atoms with Gasteiger partial charge < -0.3 is 0 Å². The van der Waals surface area contributed by atoms with E-state index in [2.05, 4.69) is 9.88 Å². The van der Waals surface area contributed by atoms with Crippen LogP contribution >= 0.6 is 0 Å². The van der Waals surface area contributed by atoms with Crippen LogP contribution in [0.4, 0.5) is 4.39 Å². The molecule has 2 aromatic rings. The van der Waals surface area contributed by atoms with Crippen LogP contribution in [-0.2, 0) is 6.54 Å². The molecule has 0 atom stereocenters. The largest absolute Gasteiger partial charge is 0.299 e. The summed E-state index contributed by atoms with van der Waals surface area (Å²) in [7, 11) is 0. The van der Waals surface area contributed by atoms with E-state index in [1.807, 2.05) is 31.2 Å². The van der Waals surface area contributed by atoms with E-state index in [0.717, 1.165) is 30.9 Å². The molecule has 0 unspecified atom stereocenters. The zero-order chi connectivity index (χ0) is 13.9. The Morgan fingerprint density at radius 2 is 1.95 bits per heavy atom. The summed E-state index contributed by atoms with van der Waals surface area (Å²) in [6.07, 6.45) is 4.29. The molecule has 0 radical (unpaired) electrons. The Morgan fingerprint density at radius 1 is 1.15 bits per heavy atom. The summed E-state index contributed by atoms with van der Waals surface area (Å²) >= 11 is 0. The van der Waals surface area contributed by atoms with Gasteiger partial charge >= 0.3 is 0 Å². The first-order valence-corrected chi connectivity index (χ1v) is 7.17. The zero-order valence-corrected chi connectivity index (χ0v) is 11.8. The fourth-order valence-electron chi connectivity index (χ4n) is 2.85. The second-order valence-corrected chi connectivity index (χ2v) is 5.43. The summed E-state index contributed by atoms with van der Waals surface area (Å²) in [5, 5.41) is 0. The van der Waals surface area contributed by atoms with E-state index < -0.39 is 0 Å². The lowest BCUT2D eigenvalue weighted by atomic mass is 10.0. The van der Waals surface area contributed by atoms with E-state index in [0.29, 0.717) is 5.56 Å². The van der Waals surface area contributed by atoms with Crippen LogP contribution in [0.3, 0.4) is 0 Å². The number of hydrogen-bond donors (Lipinski definition) is 0. The predicted octanol–water partition coefficient (Wildman–Crippen LogP) is 3.79. The van der Waals surface area contributed by atoms with Crippen LogP contribution in [0, 0.1) is 12.7 Å². The number of aromatic nitrogens is 1. The number of pyridine rings is 1. The van der Waals surface area contributed by atoms with Crippen molar-refractivity contribution in [2.24, 2.45) is 0 Å². The number of rotatable bonds is 3. The van der Waals surface area contributed by atoms with Gasteiger partial charge in [0.25, 0.3) is 0 Å². The van der Waals surface area contributed by atoms with Gasteiger partial charge in [0, 0.05) is 29.6 Å². The zero-order valence-electron chi connectivity index (χ0n) is 11.8. The van der Waals surface area contributed by atoms with Gasteiger partial charge in [0.15, 0.2) is 0 Å². The summed E-state index contributed by atoms with van der Waals surface area (Å²) < 4.78 is 14.1. The van der Waals surface area contributed by atoms with Crippen LogP contribution < -0.4 is 0 Å². The second kappa shape index (κ2) is 5.71. The van der Waals surface area contributed by atoms with E-state index in [1.54, 1.807) is 12.3 Å². The van der Waals surface area contributed by atoms with Crippen molar-refractivity contribution in [2.45, 2.75) is 26.3 Å². The predicted molar refractivity (Wildman–Crippen MR) is 78.9 cm³/mol. The molecule has 2 nitrogen and oxygen atoms in total. The SMILES string of the molecule is Cc1ncccc1-c1cc(CN2CCCC2)ccc1F. The highest BCUT2D eigenvalue weighted by Crippen LogP contribution is 2.26.